The molecule has 0 rings (SSSR count). The standard InChI is InChI=1S/C6H11BrO.C2H4/c1-6(8)4-2-3-5-7;1-2/h2-5H2,1H3;1-2H2. The maximum Gasteiger partial charge on any atom is 0.129 e. The van der Waals surface area contributed by atoms with Gasteiger partial charge in [0.15, 0.2) is 0 Å². The molecule has 0 aromatic rings. The number of carbonyl (C=O) groups is 1. The number of hydrogen-bond donors (Lipinski definition) is 0. The number of rotatable bonds is 4. The quantitative estimate of drug-likeness (QED) is 0.393. The van der Waals surface area contributed by atoms with E-state index in [1.54, 1.807) is 6.92 Å². The van der Waals surface area contributed by atoms with Crippen molar-refractivity contribution >= 4 is 21.7 Å². The fraction of sp³-hybridized carbons (Fsp3) is 0.625. The van der Waals surface area contributed by atoms with Crippen molar-refractivity contribution in [3.05, 3.63) is 13.2 Å². The van der Waals surface area contributed by atoms with Crippen molar-refractivity contribution in [1.82, 2.24) is 0 Å². The van der Waals surface area contributed by atoms with Crippen LogP contribution in [0.5, 0.6) is 0 Å². The average Bonchev–Trinajstić information content (AvgIpc) is 1.92. The van der Waals surface area contributed by atoms with Gasteiger partial charge in [-0.15, -0.1) is 13.2 Å². The Hall–Kier alpha value is -0.110. The van der Waals surface area contributed by atoms with Crippen LogP contribution in [0, 0.1) is 0 Å². The van der Waals surface area contributed by atoms with Gasteiger partial charge in [0.2, 0.25) is 0 Å². The zero-order valence-corrected chi connectivity index (χ0v) is 8.11. The summed E-state index contributed by atoms with van der Waals surface area (Å²) in [6.07, 6.45) is 2.88. The summed E-state index contributed by atoms with van der Waals surface area (Å²) in [4.78, 5) is 10.3. The van der Waals surface area contributed by atoms with Crippen molar-refractivity contribution in [3.8, 4) is 0 Å². The number of unbranched alkanes of at least 4 members (excludes halogenated alkanes) is 1. The molecule has 0 heterocycles. The molecule has 0 amide bonds. The van der Waals surface area contributed by atoms with Crippen LogP contribution in [0.15, 0.2) is 13.2 Å². The topological polar surface area (TPSA) is 17.1 Å². The summed E-state index contributed by atoms with van der Waals surface area (Å²) in [7, 11) is 0. The molecule has 0 fully saturated rings. The predicted molar refractivity (Wildman–Crippen MR) is 49.6 cm³/mol. The van der Waals surface area contributed by atoms with Crippen molar-refractivity contribution in [1.29, 1.82) is 0 Å². The van der Waals surface area contributed by atoms with E-state index < -0.39 is 0 Å². The van der Waals surface area contributed by atoms with Crippen molar-refractivity contribution in [2.75, 3.05) is 5.33 Å². The lowest BCUT2D eigenvalue weighted by Gasteiger charge is -1.89. The molecule has 0 bridgehead atoms. The minimum Gasteiger partial charge on any atom is -0.300 e. The van der Waals surface area contributed by atoms with Crippen LogP contribution in [0.25, 0.3) is 0 Å². The Balaban J connectivity index is 0. The Kier molecular flexibility index (Phi) is 14.6. The summed E-state index contributed by atoms with van der Waals surface area (Å²) in [6, 6.07) is 0. The molecular formula is C8H15BrO. The second kappa shape index (κ2) is 11.7. The molecular weight excluding hydrogens is 192 g/mol. The molecule has 0 radical (unpaired) electrons. The van der Waals surface area contributed by atoms with E-state index >= 15 is 0 Å². The Bertz CT molecular complexity index is 81.3. The van der Waals surface area contributed by atoms with Crippen LogP contribution >= 0.6 is 15.9 Å². The third-order valence-corrected chi connectivity index (χ3v) is 1.47. The van der Waals surface area contributed by atoms with Crippen LogP contribution in [0.2, 0.25) is 0 Å². The fourth-order valence-corrected chi connectivity index (χ4v) is 0.865. The normalized spacial score (nSPS) is 7.80. The van der Waals surface area contributed by atoms with Crippen LogP contribution in [0.3, 0.4) is 0 Å². The Morgan fingerprint density at radius 1 is 1.40 bits per heavy atom. The number of alkyl halides is 1. The molecule has 0 saturated carbocycles. The van der Waals surface area contributed by atoms with Crippen molar-refractivity contribution in [3.63, 3.8) is 0 Å². The van der Waals surface area contributed by atoms with E-state index in [9.17, 15) is 4.79 Å². The first-order valence-corrected chi connectivity index (χ1v) is 4.45. The number of carbonyl (C=O) groups excluding carboxylic acids is 1. The van der Waals surface area contributed by atoms with E-state index in [2.05, 4.69) is 29.1 Å². The molecule has 0 saturated heterocycles. The smallest absolute Gasteiger partial charge is 0.129 e. The molecule has 0 aliphatic carbocycles. The van der Waals surface area contributed by atoms with E-state index in [4.69, 9.17) is 0 Å². The van der Waals surface area contributed by atoms with Gasteiger partial charge in [0, 0.05) is 11.8 Å². The summed E-state index contributed by atoms with van der Waals surface area (Å²) in [5.41, 5.74) is 0. The second-order valence-electron chi connectivity index (χ2n) is 1.85. The minimum atomic E-state index is 0.297. The molecule has 60 valence electrons. The molecule has 0 unspecified atom stereocenters. The predicted octanol–water partition coefficient (Wildman–Crippen LogP) is 2.94. The molecule has 0 spiro atoms. The molecule has 2 heteroatoms. The van der Waals surface area contributed by atoms with Crippen LogP contribution in [0.1, 0.15) is 26.2 Å². The van der Waals surface area contributed by atoms with Gasteiger partial charge in [-0.1, -0.05) is 15.9 Å². The van der Waals surface area contributed by atoms with Crippen LogP contribution in [0.4, 0.5) is 0 Å². The summed E-state index contributed by atoms with van der Waals surface area (Å²) in [5.74, 6) is 0.297. The highest BCUT2D eigenvalue weighted by Crippen LogP contribution is 1.97. The van der Waals surface area contributed by atoms with Gasteiger partial charge in [-0.3, -0.25) is 0 Å². The molecule has 10 heavy (non-hydrogen) atoms. The number of Topliss-reactive ketones (excluding diaryl/α,β-unsaturated/α-hetero) is 1. The van der Waals surface area contributed by atoms with Crippen molar-refractivity contribution < 1.29 is 4.79 Å². The van der Waals surface area contributed by atoms with Crippen molar-refractivity contribution in [2.24, 2.45) is 0 Å². The van der Waals surface area contributed by atoms with Crippen molar-refractivity contribution in [2.45, 2.75) is 26.2 Å². The lowest BCUT2D eigenvalue weighted by Crippen LogP contribution is -1.88. The van der Waals surface area contributed by atoms with E-state index in [1.807, 2.05) is 0 Å². The lowest BCUT2D eigenvalue weighted by molar-refractivity contribution is -0.117. The van der Waals surface area contributed by atoms with Gasteiger partial charge >= 0.3 is 0 Å². The van der Waals surface area contributed by atoms with E-state index in [0.717, 1.165) is 24.6 Å². The van der Waals surface area contributed by atoms with Gasteiger partial charge in [-0.05, 0) is 19.8 Å². The first-order valence-electron chi connectivity index (χ1n) is 3.32. The third-order valence-electron chi connectivity index (χ3n) is 0.912. The molecule has 0 aromatic carbocycles. The SMILES string of the molecule is C=C.CC(=O)CCCCBr. The van der Waals surface area contributed by atoms with E-state index in [0.29, 0.717) is 5.78 Å². The summed E-state index contributed by atoms with van der Waals surface area (Å²) in [6.45, 7) is 7.63. The summed E-state index contributed by atoms with van der Waals surface area (Å²) in [5, 5.41) is 1.01. The number of ketones is 1. The third kappa shape index (κ3) is 15.7. The Morgan fingerprint density at radius 2 is 1.90 bits per heavy atom. The maximum atomic E-state index is 10.3. The minimum absolute atomic E-state index is 0.297. The van der Waals surface area contributed by atoms with Gasteiger partial charge in [-0.2, -0.15) is 0 Å². The van der Waals surface area contributed by atoms with Crippen LogP contribution in [-0.2, 0) is 4.79 Å². The molecule has 0 atom stereocenters. The van der Waals surface area contributed by atoms with Gasteiger partial charge in [0.1, 0.15) is 5.78 Å². The van der Waals surface area contributed by atoms with Gasteiger partial charge in [-0.25, -0.2) is 0 Å². The van der Waals surface area contributed by atoms with Crippen LogP contribution in [-0.4, -0.2) is 11.1 Å². The van der Waals surface area contributed by atoms with E-state index in [-0.39, 0.29) is 0 Å². The summed E-state index contributed by atoms with van der Waals surface area (Å²) < 4.78 is 0. The first-order chi connectivity index (χ1) is 4.77. The highest BCUT2D eigenvalue weighted by Gasteiger charge is 1.90. The molecule has 1 nitrogen and oxygen atoms in total. The highest BCUT2D eigenvalue weighted by atomic mass is 79.9. The molecule has 0 aromatic heterocycles. The van der Waals surface area contributed by atoms with Gasteiger partial charge < -0.3 is 4.79 Å². The maximum absolute atomic E-state index is 10.3. The number of hydrogen-bond acceptors (Lipinski definition) is 1. The largest absolute Gasteiger partial charge is 0.300 e. The monoisotopic (exact) mass is 206 g/mol. The fourth-order valence-electron chi connectivity index (χ4n) is 0.468. The second-order valence-corrected chi connectivity index (χ2v) is 2.64. The van der Waals surface area contributed by atoms with Gasteiger partial charge in [0.05, 0.1) is 0 Å². The molecule has 0 aliphatic rings. The van der Waals surface area contributed by atoms with Crippen LogP contribution < -0.4 is 0 Å². The lowest BCUT2D eigenvalue weighted by atomic mass is 10.2. The molecule has 0 N–H and O–H groups in total. The Labute approximate surface area is 71.6 Å². The zero-order valence-electron chi connectivity index (χ0n) is 6.53. The highest BCUT2D eigenvalue weighted by molar-refractivity contribution is 9.09. The number of halogens is 1. The molecule has 0 aliphatic heterocycles. The summed E-state index contributed by atoms with van der Waals surface area (Å²) >= 11 is 3.29. The van der Waals surface area contributed by atoms with Gasteiger partial charge in [0.25, 0.3) is 0 Å². The zero-order chi connectivity index (χ0) is 8.41. The average molecular weight is 207 g/mol. The first kappa shape index (κ1) is 12.6. The Morgan fingerprint density at radius 3 is 2.20 bits per heavy atom. The van der Waals surface area contributed by atoms with E-state index in [1.165, 1.54) is 0 Å².